The monoisotopic (exact) mass is 600 g/mol. The van der Waals surface area contributed by atoms with Gasteiger partial charge in [0.2, 0.25) is 0 Å². The fourth-order valence-corrected chi connectivity index (χ4v) is 11.3. The van der Waals surface area contributed by atoms with Gasteiger partial charge in [-0.05, 0) is 73.6 Å². The minimum absolute atomic E-state index is 0.145. The van der Waals surface area contributed by atoms with Gasteiger partial charge in [-0.25, -0.2) is 0 Å². The van der Waals surface area contributed by atoms with Crippen LogP contribution in [0.15, 0.2) is 71.8 Å². The smallest absolute Gasteiger partial charge is 0.0561 e. The third kappa shape index (κ3) is 3.90. The molecular weight excluding hydrogens is 552 g/mol. The van der Waals surface area contributed by atoms with Crippen molar-refractivity contribution in [1.82, 2.24) is 19.8 Å². The summed E-state index contributed by atoms with van der Waals surface area (Å²) in [4.78, 5) is 13.0. The summed E-state index contributed by atoms with van der Waals surface area (Å²) in [5, 5.41) is 13.4. The number of rotatable bonds is 3. The molecule has 2 aliphatic carbocycles. The second kappa shape index (κ2) is 10.2. The van der Waals surface area contributed by atoms with E-state index in [0.29, 0.717) is 18.0 Å². The van der Waals surface area contributed by atoms with Gasteiger partial charge in [0.05, 0.1) is 12.0 Å². The van der Waals surface area contributed by atoms with E-state index in [0.717, 1.165) is 38.3 Å². The van der Waals surface area contributed by atoms with Crippen molar-refractivity contribution < 1.29 is 5.11 Å². The zero-order valence-corrected chi connectivity index (χ0v) is 27.2. The number of benzene rings is 2. The zero-order chi connectivity index (χ0) is 30.5. The van der Waals surface area contributed by atoms with E-state index in [4.69, 9.17) is 0 Å². The van der Waals surface area contributed by atoms with Crippen LogP contribution in [0.1, 0.15) is 69.0 Å². The van der Waals surface area contributed by atoms with Gasteiger partial charge in [0.25, 0.3) is 0 Å². The number of fused-ring (bicyclic) bond motifs is 6. The molecule has 8 aliphatic rings. The fourth-order valence-electron chi connectivity index (χ4n) is 11.3. The molecular formula is C40H48N4O. The topological polar surface area (TPSA) is 58.3 Å². The number of aliphatic hydroxyl groups excluding tert-OH is 1. The van der Waals surface area contributed by atoms with Crippen LogP contribution in [0.4, 0.5) is 0 Å². The fraction of sp³-hybridized carbons (Fsp3) is 0.500. The van der Waals surface area contributed by atoms with Gasteiger partial charge in [0.15, 0.2) is 0 Å². The van der Waals surface area contributed by atoms with Crippen molar-refractivity contribution in [2.45, 2.75) is 82.2 Å². The Morgan fingerprint density at radius 3 is 1.89 bits per heavy atom. The zero-order valence-electron chi connectivity index (χ0n) is 27.2. The number of piperidine rings is 2. The van der Waals surface area contributed by atoms with Crippen molar-refractivity contribution in [2.24, 2.45) is 11.8 Å². The van der Waals surface area contributed by atoms with Gasteiger partial charge in [0, 0.05) is 76.9 Å². The number of aromatic nitrogens is 2. The van der Waals surface area contributed by atoms with Crippen molar-refractivity contribution in [3.05, 3.63) is 94.3 Å². The number of para-hydroxylation sites is 2. The molecule has 0 amide bonds. The van der Waals surface area contributed by atoms with Crippen LogP contribution < -0.4 is 0 Å². The van der Waals surface area contributed by atoms with Crippen molar-refractivity contribution in [3.8, 4) is 0 Å². The van der Waals surface area contributed by atoms with E-state index >= 15 is 0 Å². The lowest BCUT2D eigenvalue weighted by molar-refractivity contribution is 0.0170. The van der Waals surface area contributed by atoms with Crippen LogP contribution in [0.25, 0.3) is 21.8 Å². The highest BCUT2D eigenvalue weighted by atomic mass is 16.3. The van der Waals surface area contributed by atoms with Gasteiger partial charge in [0.1, 0.15) is 0 Å². The summed E-state index contributed by atoms with van der Waals surface area (Å²) < 4.78 is 0. The maximum absolute atomic E-state index is 10.6. The van der Waals surface area contributed by atoms with E-state index in [1.165, 1.54) is 76.7 Å². The van der Waals surface area contributed by atoms with Crippen LogP contribution >= 0.6 is 0 Å². The minimum atomic E-state index is -0.145. The Morgan fingerprint density at radius 1 is 0.733 bits per heavy atom. The molecule has 3 N–H and O–H groups in total. The van der Waals surface area contributed by atoms with E-state index in [2.05, 4.69) is 101 Å². The molecule has 5 nitrogen and oxygen atoms in total. The Bertz CT molecular complexity index is 1860. The predicted octanol–water partition coefficient (Wildman–Crippen LogP) is 7.02. The quantitative estimate of drug-likeness (QED) is 0.222. The van der Waals surface area contributed by atoms with Crippen LogP contribution in [0.2, 0.25) is 0 Å². The lowest BCUT2D eigenvalue weighted by Crippen LogP contribution is -2.61. The van der Waals surface area contributed by atoms with Crippen molar-refractivity contribution in [2.75, 3.05) is 32.8 Å². The summed E-state index contributed by atoms with van der Waals surface area (Å²) in [7, 11) is 0. The molecule has 5 heteroatoms. The molecule has 2 saturated heterocycles. The van der Waals surface area contributed by atoms with E-state index in [1.54, 1.807) is 11.1 Å². The van der Waals surface area contributed by atoms with E-state index in [-0.39, 0.29) is 17.4 Å². The summed E-state index contributed by atoms with van der Waals surface area (Å²) in [5.74, 6) is 1.32. The maximum Gasteiger partial charge on any atom is 0.0561 e. The first-order valence-electron chi connectivity index (χ1n) is 17.7. The SMILES string of the molecule is CCC1=CC2CN3CCc4c([nH]c5ccccc45)C(C)(C2)C13.CCC1=CC2CN3CCc4c([nH]c5ccccc45)C(CO)(C2)C13. The Labute approximate surface area is 267 Å². The molecule has 234 valence electrons. The Morgan fingerprint density at radius 2 is 1.27 bits per heavy atom. The number of hydrogen-bond donors (Lipinski definition) is 3. The van der Waals surface area contributed by atoms with Gasteiger partial charge in [-0.2, -0.15) is 0 Å². The molecule has 6 aliphatic heterocycles. The van der Waals surface area contributed by atoms with Crippen molar-refractivity contribution in [1.29, 1.82) is 0 Å². The molecule has 8 atom stereocenters. The molecule has 45 heavy (non-hydrogen) atoms. The summed E-state index contributed by atoms with van der Waals surface area (Å²) in [6.07, 6.45) is 12.0. The molecule has 12 rings (SSSR count). The molecule has 0 spiro atoms. The van der Waals surface area contributed by atoms with Crippen molar-refractivity contribution in [3.63, 3.8) is 0 Å². The number of nitrogens with one attached hydrogen (secondary N) is 2. The van der Waals surface area contributed by atoms with Crippen molar-refractivity contribution >= 4 is 21.8 Å². The first-order chi connectivity index (χ1) is 22.0. The average molecular weight is 601 g/mol. The summed E-state index contributed by atoms with van der Waals surface area (Å²) in [5.41, 5.74) is 11.8. The highest BCUT2D eigenvalue weighted by Gasteiger charge is 2.55. The third-order valence-corrected chi connectivity index (χ3v) is 12.8. The van der Waals surface area contributed by atoms with Gasteiger partial charge in [-0.15, -0.1) is 0 Å². The number of nitrogens with zero attached hydrogens (tertiary/aromatic N) is 2. The van der Waals surface area contributed by atoms with Crippen LogP contribution in [0.5, 0.6) is 0 Å². The van der Waals surface area contributed by atoms with Gasteiger partial charge in [-0.1, -0.05) is 80.5 Å². The number of H-pyrrole nitrogens is 2. The number of aliphatic hydroxyl groups is 1. The summed E-state index contributed by atoms with van der Waals surface area (Å²) in [6.45, 7) is 12.1. The summed E-state index contributed by atoms with van der Waals surface area (Å²) in [6, 6.07) is 18.5. The second-order valence-corrected chi connectivity index (χ2v) is 15.2. The molecule has 8 bridgehead atoms. The van der Waals surface area contributed by atoms with Gasteiger partial charge in [-0.3, -0.25) is 9.80 Å². The van der Waals surface area contributed by atoms with Crippen LogP contribution in [-0.2, 0) is 23.7 Å². The maximum atomic E-state index is 10.6. The largest absolute Gasteiger partial charge is 0.395 e. The molecule has 8 unspecified atom stereocenters. The number of aromatic amines is 2. The van der Waals surface area contributed by atoms with Gasteiger partial charge < -0.3 is 15.1 Å². The lowest BCUT2D eigenvalue weighted by atomic mass is 9.61. The highest BCUT2D eigenvalue weighted by Crippen LogP contribution is 2.53. The summed E-state index contributed by atoms with van der Waals surface area (Å²) >= 11 is 0. The molecule has 0 radical (unpaired) electrons. The normalized spacial score (nSPS) is 35.6. The highest BCUT2D eigenvalue weighted by molar-refractivity contribution is 5.86. The molecule has 2 aromatic carbocycles. The second-order valence-electron chi connectivity index (χ2n) is 15.2. The van der Waals surface area contributed by atoms with Gasteiger partial charge >= 0.3 is 0 Å². The van der Waals surface area contributed by atoms with E-state index < -0.39 is 0 Å². The molecule has 8 heterocycles. The van der Waals surface area contributed by atoms with E-state index in [9.17, 15) is 5.11 Å². The predicted molar refractivity (Wildman–Crippen MR) is 184 cm³/mol. The molecule has 2 aromatic heterocycles. The molecule has 0 saturated carbocycles. The van der Waals surface area contributed by atoms with Crippen LogP contribution in [0.3, 0.4) is 0 Å². The first-order valence-corrected chi connectivity index (χ1v) is 17.7. The Hall–Kier alpha value is -3.12. The lowest BCUT2D eigenvalue weighted by Gasteiger charge is -2.55. The van der Waals surface area contributed by atoms with Crippen LogP contribution in [0, 0.1) is 11.8 Å². The number of hydrogen-bond acceptors (Lipinski definition) is 3. The first kappa shape index (κ1) is 28.1. The third-order valence-electron chi connectivity index (χ3n) is 12.8. The standard InChI is InChI=1S/C20H24N2O.C20H24N2/c1-2-14-9-13-10-20(12-23)18-16(7-8-22(11-13)19(14)20)15-5-3-4-6-17(15)21-18;1-3-14-10-13-11-20(2)18-16(8-9-22(12-13)19(14)20)15-6-4-5-7-17(15)21-18/h3-6,9,13,19,21,23H,2,7-8,10-12H2,1H3;4-7,10,13,19,21H,3,8-9,11-12H2,1-2H3. The molecule has 2 fully saturated rings. The van der Waals surface area contributed by atoms with Crippen LogP contribution in [-0.4, -0.2) is 69.7 Å². The Kier molecular flexibility index (Phi) is 6.37. The average Bonchev–Trinajstić information content (AvgIpc) is 3.60. The Balaban J connectivity index is 0.000000125. The molecule has 4 aromatic rings. The van der Waals surface area contributed by atoms with E-state index in [1.807, 2.05) is 0 Å². The minimum Gasteiger partial charge on any atom is -0.395 e.